The lowest BCUT2D eigenvalue weighted by Crippen LogP contribution is -2.47. The normalized spacial score (nSPS) is 18.6. The highest BCUT2D eigenvalue weighted by Crippen LogP contribution is 1.98. The zero-order chi connectivity index (χ0) is 20.9. The SMILES string of the molecule is O=C(O)COC(=O)CN1CCNCCN(CC(=O)O)CCN(CC(=O)O)CC1. The van der Waals surface area contributed by atoms with Gasteiger partial charge in [0.15, 0.2) is 6.61 Å². The quantitative estimate of drug-likeness (QED) is 0.310. The molecule has 0 aromatic rings. The van der Waals surface area contributed by atoms with E-state index in [1.54, 1.807) is 14.7 Å². The van der Waals surface area contributed by atoms with Crippen LogP contribution in [0.2, 0.25) is 0 Å². The van der Waals surface area contributed by atoms with Gasteiger partial charge in [-0.2, -0.15) is 0 Å². The second kappa shape index (κ2) is 13.0. The third-order valence-corrected chi connectivity index (χ3v) is 4.10. The molecule has 12 nitrogen and oxygen atoms in total. The van der Waals surface area contributed by atoms with Crippen LogP contribution in [-0.2, 0) is 23.9 Å². The number of carbonyl (C=O) groups excluding carboxylic acids is 1. The number of carboxylic acids is 3. The molecule has 0 aromatic carbocycles. The van der Waals surface area contributed by atoms with E-state index in [2.05, 4.69) is 10.1 Å². The van der Waals surface area contributed by atoms with Crippen LogP contribution in [-0.4, -0.2) is 132 Å². The van der Waals surface area contributed by atoms with Crippen molar-refractivity contribution in [2.45, 2.75) is 0 Å². The molecule has 0 saturated carbocycles. The van der Waals surface area contributed by atoms with E-state index in [9.17, 15) is 19.2 Å². The van der Waals surface area contributed by atoms with E-state index in [4.69, 9.17) is 15.3 Å². The molecule has 28 heavy (non-hydrogen) atoms. The van der Waals surface area contributed by atoms with Gasteiger partial charge in [0, 0.05) is 52.4 Å². The Hall–Kier alpha value is -2.28. The Morgan fingerprint density at radius 1 is 0.679 bits per heavy atom. The predicted octanol–water partition coefficient (Wildman–Crippen LogP) is -2.71. The van der Waals surface area contributed by atoms with Crippen molar-refractivity contribution < 1.29 is 39.2 Å². The van der Waals surface area contributed by atoms with Crippen molar-refractivity contribution in [3.05, 3.63) is 0 Å². The molecule has 0 bridgehead atoms. The van der Waals surface area contributed by atoms with Crippen LogP contribution in [0.3, 0.4) is 0 Å². The van der Waals surface area contributed by atoms with Crippen molar-refractivity contribution >= 4 is 23.9 Å². The molecule has 1 aliphatic heterocycles. The highest BCUT2D eigenvalue weighted by Gasteiger charge is 2.18. The predicted molar refractivity (Wildman–Crippen MR) is 96.1 cm³/mol. The Morgan fingerprint density at radius 2 is 1.11 bits per heavy atom. The molecular weight excluding hydrogens is 376 g/mol. The second-order valence-electron chi connectivity index (χ2n) is 6.42. The number of hydrogen-bond donors (Lipinski definition) is 4. The second-order valence-corrected chi connectivity index (χ2v) is 6.42. The van der Waals surface area contributed by atoms with Crippen LogP contribution >= 0.6 is 0 Å². The number of esters is 1. The molecule has 0 aliphatic carbocycles. The lowest BCUT2D eigenvalue weighted by molar-refractivity contribution is -0.155. The molecule has 1 heterocycles. The summed E-state index contributed by atoms with van der Waals surface area (Å²) in [7, 11) is 0. The zero-order valence-electron chi connectivity index (χ0n) is 15.7. The number of carboxylic acid groups (broad SMARTS) is 3. The zero-order valence-corrected chi connectivity index (χ0v) is 15.7. The molecule has 1 fully saturated rings. The molecule has 1 saturated heterocycles. The number of carbonyl (C=O) groups is 4. The fraction of sp³-hybridized carbons (Fsp3) is 0.750. The summed E-state index contributed by atoms with van der Waals surface area (Å²) in [6.45, 7) is 2.46. The maximum absolute atomic E-state index is 11.8. The number of aliphatic carboxylic acids is 3. The Balaban J connectivity index is 2.67. The van der Waals surface area contributed by atoms with Crippen LogP contribution in [0.4, 0.5) is 0 Å². The van der Waals surface area contributed by atoms with Gasteiger partial charge in [0.25, 0.3) is 0 Å². The standard InChI is InChI=1S/C16H28N4O8/c21-13(22)9-18-3-1-17-2-4-19(11-16(27)28-12-15(25)26)6-8-20(7-5-18)10-14(23)24/h17H,1-12H2,(H,21,22)(H,23,24)(H,25,26). The Morgan fingerprint density at radius 3 is 1.54 bits per heavy atom. The van der Waals surface area contributed by atoms with Gasteiger partial charge in [0.05, 0.1) is 19.6 Å². The third-order valence-electron chi connectivity index (χ3n) is 4.10. The van der Waals surface area contributed by atoms with Gasteiger partial charge in [-0.25, -0.2) is 4.79 Å². The molecule has 0 unspecified atom stereocenters. The van der Waals surface area contributed by atoms with Gasteiger partial charge in [0.2, 0.25) is 0 Å². The summed E-state index contributed by atoms with van der Waals surface area (Å²) in [5.41, 5.74) is 0. The first-order valence-electron chi connectivity index (χ1n) is 8.95. The van der Waals surface area contributed by atoms with Crippen LogP contribution in [0.15, 0.2) is 0 Å². The summed E-state index contributed by atoms with van der Waals surface area (Å²) < 4.78 is 4.65. The average Bonchev–Trinajstić information content (AvgIpc) is 2.59. The molecular formula is C16H28N4O8. The minimum Gasteiger partial charge on any atom is -0.480 e. The number of nitrogens with zero attached hydrogens (tertiary/aromatic N) is 3. The van der Waals surface area contributed by atoms with E-state index in [0.29, 0.717) is 52.4 Å². The number of rotatable bonds is 8. The topological polar surface area (TPSA) is 160 Å². The number of nitrogens with one attached hydrogen (secondary N) is 1. The van der Waals surface area contributed by atoms with Crippen LogP contribution in [0, 0.1) is 0 Å². The van der Waals surface area contributed by atoms with Gasteiger partial charge in [-0.3, -0.25) is 29.1 Å². The summed E-state index contributed by atoms with van der Waals surface area (Å²) >= 11 is 0. The molecule has 12 heteroatoms. The summed E-state index contributed by atoms with van der Waals surface area (Å²) in [5, 5.41) is 29.8. The highest BCUT2D eigenvalue weighted by atomic mass is 16.5. The Kier molecular flexibility index (Phi) is 11.0. The number of hydrogen-bond acceptors (Lipinski definition) is 9. The van der Waals surface area contributed by atoms with Gasteiger partial charge >= 0.3 is 23.9 Å². The van der Waals surface area contributed by atoms with Crippen LogP contribution in [0.5, 0.6) is 0 Å². The average molecular weight is 404 g/mol. The number of ether oxygens (including phenoxy) is 1. The van der Waals surface area contributed by atoms with Crippen LogP contribution in [0.25, 0.3) is 0 Å². The van der Waals surface area contributed by atoms with Crippen molar-refractivity contribution in [1.82, 2.24) is 20.0 Å². The van der Waals surface area contributed by atoms with Crippen molar-refractivity contribution in [3.8, 4) is 0 Å². The minimum atomic E-state index is -1.23. The van der Waals surface area contributed by atoms with Gasteiger partial charge in [-0.1, -0.05) is 0 Å². The molecule has 4 N–H and O–H groups in total. The van der Waals surface area contributed by atoms with Crippen molar-refractivity contribution in [3.63, 3.8) is 0 Å². The van der Waals surface area contributed by atoms with Gasteiger partial charge < -0.3 is 25.4 Å². The van der Waals surface area contributed by atoms with Crippen molar-refractivity contribution in [2.75, 3.05) is 78.6 Å². The first-order chi connectivity index (χ1) is 13.3. The maximum atomic E-state index is 11.8. The molecule has 1 aliphatic rings. The van der Waals surface area contributed by atoms with E-state index in [1.165, 1.54) is 0 Å². The summed E-state index contributed by atoms with van der Waals surface area (Å²) in [5.74, 6) is -3.83. The van der Waals surface area contributed by atoms with Crippen LogP contribution in [0.1, 0.15) is 0 Å². The minimum absolute atomic E-state index is 0.0962. The Labute approximate surface area is 162 Å². The van der Waals surface area contributed by atoms with E-state index in [-0.39, 0.29) is 19.6 Å². The lowest BCUT2D eigenvalue weighted by Gasteiger charge is -2.30. The van der Waals surface area contributed by atoms with E-state index in [1.807, 2.05) is 0 Å². The summed E-state index contributed by atoms with van der Waals surface area (Å²) in [6.07, 6.45) is 0. The molecule has 0 radical (unpaired) electrons. The summed E-state index contributed by atoms with van der Waals surface area (Å²) in [4.78, 5) is 49.5. The Bertz CT molecular complexity index is 543. The van der Waals surface area contributed by atoms with Crippen molar-refractivity contribution in [1.29, 1.82) is 0 Å². The fourth-order valence-corrected chi connectivity index (χ4v) is 2.73. The molecule has 0 aromatic heterocycles. The molecule has 1 rings (SSSR count). The van der Waals surface area contributed by atoms with Gasteiger partial charge in [-0.05, 0) is 0 Å². The maximum Gasteiger partial charge on any atom is 0.341 e. The smallest absolute Gasteiger partial charge is 0.341 e. The molecule has 0 atom stereocenters. The molecule has 0 spiro atoms. The first-order valence-corrected chi connectivity index (χ1v) is 8.95. The van der Waals surface area contributed by atoms with Crippen molar-refractivity contribution in [2.24, 2.45) is 0 Å². The van der Waals surface area contributed by atoms with Crippen LogP contribution < -0.4 is 5.32 Å². The molecule has 160 valence electrons. The van der Waals surface area contributed by atoms with Gasteiger partial charge in [-0.15, -0.1) is 0 Å². The van der Waals surface area contributed by atoms with E-state index >= 15 is 0 Å². The third kappa shape index (κ3) is 11.4. The van der Waals surface area contributed by atoms with E-state index < -0.39 is 30.5 Å². The monoisotopic (exact) mass is 404 g/mol. The van der Waals surface area contributed by atoms with E-state index in [0.717, 1.165) is 0 Å². The first kappa shape index (κ1) is 23.8. The lowest BCUT2D eigenvalue weighted by atomic mass is 10.3. The largest absolute Gasteiger partial charge is 0.480 e. The van der Waals surface area contributed by atoms with Gasteiger partial charge in [0.1, 0.15) is 0 Å². The fourth-order valence-electron chi connectivity index (χ4n) is 2.73. The highest BCUT2D eigenvalue weighted by molar-refractivity contribution is 5.76. The molecule has 0 amide bonds. The summed E-state index contributed by atoms with van der Waals surface area (Å²) in [6, 6.07) is 0.